The van der Waals surface area contributed by atoms with Crippen LogP contribution in [-0.2, 0) is 0 Å². The number of phenolic OH excluding ortho intramolecular Hbond substituents is 1. The fourth-order valence-electron chi connectivity index (χ4n) is 4.04. The summed E-state index contributed by atoms with van der Waals surface area (Å²) in [5.41, 5.74) is 2.95. The summed E-state index contributed by atoms with van der Waals surface area (Å²) in [5.74, 6) is 0.281. The van der Waals surface area contributed by atoms with Crippen LogP contribution in [0.1, 0.15) is 18.4 Å². The highest BCUT2D eigenvalue weighted by Crippen LogP contribution is 2.38. The summed E-state index contributed by atoms with van der Waals surface area (Å²) in [6, 6.07) is 4.42. The quantitative estimate of drug-likeness (QED) is 0.861. The van der Waals surface area contributed by atoms with Crippen LogP contribution in [0.3, 0.4) is 0 Å². The van der Waals surface area contributed by atoms with E-state index in [1.54, 1.807) is 6.07 Å². The number of anilines is 2. The highest BCUT2D eigenvalue weighted by molar-refractivity contribution is 5.80. The van der Waals surface area contributed by atoms with Crippen molar-refractivity contribution in [3.05, 3.63) is 29.6 Å². The first-order chi connectivity index (χ1) is 12.5. The number of nitrogens with zero attached hydrogens (tertiary/aromatic N) is 4. The van der Waals surface area contributed by atoms with Crippen molar-refractivity contribution in [2.24, 2.45) is 0 Å². The largest absolute Gasteiger partial charge is 0.507 e. The number of likely N-dealkylation sites (N-methyl/N-ethyl adjacent to an activating group) is 1. The van der Waals surface area contributed by atoms with E-state index in [0.717, 1.165) is 55.7 Å². The summed E-state index contributed by atoms with van der Waals surface area (Å²) >= 11 is 0. The number of piperidine rings is 1. The van der Waals surface area contributed by atoms with E-state index in [-0.39, 0.29) is 5.75 Å². The molecule has 6 nitrogen and oxygen atoms in total. The number of hydrogen-bond acceptors (Lipinski definition) is 6. The van der Waals surface area contributed by atoms with Crippen molar-refractivity contribution in [2.45, 2.75) is 25.8 Å². The molecule has 1 unspecified atom stereocenters. The Labute approximate surface area is 152 Å². The monoisotopic (exact) mass is 357 g/mol. The molecule has 0 radical (unpaired) electrons. The number of aromatic nitrogens is 2. The number of benzene rings is 1. The number of hydrogen-bond donors (Lipinski definition) is 2. The van der Waals surface area contributed by atoms with E-state index in [1.165, 1.54) is 12.5 Å². The number of rotatable bonds is 2. The summed E-state index contributed by atoms with van der Waals surface area (Å²) in [4.78, 5) is 4.72. The van der Waals surface area contributed by atoms with Gasteiger partial charge in [-0.15, -0.1) is 10.2 Å². The summed E-state index contributed by atoms with van der Waals surface area (Å²) in [6.07, 6.45) is 2.35. The van der Waals surface area contributed by atoms with E-state index in [1.807, 2.05) is 6.92 Å². The first kappa shape index (κ1) is 17.0. The van der Waals surface area contributed by atoms with Crippen LogP contribution in [0, 0.1) is 12.7 Å². The Kier molecular flexibility index (Phi) is 4.40. The Morgan fingerprint density at radius 1 is 1.27 bits per heavy atom. The molecule has 7 heteroatoms. The van der Waals surface area contributed by atoms with E-state index < -0.39 is 5.82 Å². The lowest BCUT2D eigenvalue weighted by Gasteiger charge is -2.41. The fraction of sp³-hybridized carbons (Fsp3) is 0.474. The van der Waals surface area contributed by atoms with Gasteiger partial charge in [0.05, 0.1) is 5.69 Å². The van der Waals surface area contributed by atoms with Crippen LogP contribution >= 0.6 is 0 Å². The van der Waals surface area contributed by atoms with Gasteiger partial charge in [0.2, 0.25) is 0 Å². The lowest BCUT2D eigenvalue weighted by molar-refractivity contribution is 0.244. The maximum absolute atomic E-state index is 13.3. The molecule has 1 fully saturated rings. The molecule has 0 saturated carbocycles. The molecule has 4 rings (SSSR count). The molecule has 138 valence electrons. The molecule has 0 spiro atoms. The lowest BCUT2D eigenvalue weighted by Crippen LogP contribution is -2.50. The van der Waals surface area contributed by atoms with Crippen molar-refractivity contribution >= 4 is 11.5 Å². The van der Waals surface area contributed by atoms with Crippen LogP contribution in [-0.4, -0.2) is 59.5 Å². The number of nitrogens with one attached hydrogen (secondary N) is 1. The summed E-state index contributed by atoms with van der Waals surface area (Å²) in [7, 11) is 2.16. The molecule has 2 aliphatic heterocycles. The molecule has 1 saturated heterocycles. The zero-order chi connectivity index (χ0) is 18.3. The van der Waals surface area contributed by atoms with Crippen LogP contribution < -0.4 is 10.2 Å². The van der Waals surface area contributed by atoms with Gasteiger partial charge in [-0.1, -0.05) is 0 Å². The SMILES string of the molecule is Cc1c(-c2ccc(F)cc2O)nnc2c1NCCN2C1CCCN(C)C1. The average Bonchev–Trinajstić information content (AvgIpc) is 2.62. The van der Waals surface area contributed by atoms with Gasteiger partial charge < -0.3 is 20.2 Å². The minimum atomic E-state index is -0.472. The number of phenols is 1. The number of likely N-dealkylation sites (tertiary alicyclic amines) is 1. The van der Waals surface area contributed by atoms with Crippen molar-refractivity contribution < 1.29 is 9.50 Å². The van der Waals surface area contributed by atoms with Gasteiger partial charge in [-0.25, -0.2) is 4.39 Å². The average molecular weight is 357 g/mol. The third-order valence-electron chi connectivity index (χ3n) is 5.38. The van der Waals surface area contributed by atoms with Gasteiger partial charge in [0, 0.05) is 42.9 Å². The van der Waals surface area contributed by atoms with Crippen LogP contribution in [0.2, 0.25) is 0 Å². The molecule has 0 aliphatic carbocycles. The van der Waals surface area contributed by atoms with Crippen molar-refractivity contribution in [3.63, 3.8) is 0 Å². The van der Waals surface area contributed by atoms with E-state index >= 15 is 0 Å². The Morgan fingerprint density at radius 3 is 2.88 bits per heavy atom. The highest BCUT2D eigenvalue weighted by atomic mass is 19.1. The molecule has 1 aromatic carbocycles. The zero-order valence-corrected chi connectivity index (χ0v) is 15.2. The van der Waals surface area contributed by atoms with Gasteiger partial charge in [0.15, 0.2) is 5.82 Å². The molecule has 1 aromatic heterocycles. The van der Waals surface area contributed by atoms with Crippen molar-refractivity contribution in [1.82, 2.24) is 15.1 Å². The molecule has 0 bridgehead atoms. The summed E-state index contributed by atoms with van der Waals surface area (Å²) < 4.78 is 13.3. The number of aromatic hydroxyl groups is 1. The molecule has 26 heavy (non-hydrogen) atoms. The third kappa shape index (κ3) is 2.96. The molecular formula is C19H24FN5O. The van der Waals surface area contributed by atoms with E-state index in [9.17, 15) is 9.50 Å². The fourth-order valence-corrected chi connectivity index (χ4v) is 4.04. The molecule has 1 atom stereocenters. The smallest absolute Gasteiger partial charge is 0.175 e. The highest BCUT2D eigenvalue weighted by Gasteiger charge is 2.30. The summed E-state index contributed by atoms with van der Waals surface area (Å²) in [6.45, 7) is 5.88. The maximum atomic E-state index is 13.3. The van der Waals surface area contributed by atoms with Gasteiger partial charge >= 0.3 is 0 Å². The zero-order valence-electron chi connectivity index (χ0n) is 15.2. The predicted molar refractivity (Wildman–Crippen MR) is 100 cm³/mol. The Morgan fingerprint density at radius 2 is 2.12 bits per heavy atom. The van der Waals surface area contributed by atoms with Crippen LogP contribution in [0.5, 0.6) is 5.75 Å². The third-order valence-corrected chi connectivity index (χ3v) is 5.38. The molecular weight excluding hydrogens is 333 g/mol. The van der Waals surface area contributed by atoms with Crippen LogP contribution in [0.15, 0.2) is 18.2 Å². The normalized spacial score (nSPS) is 20.6. The minimum absolute atomic E-state index is 0.121. The van der Waals surface area contributed by atoms with E-state index in [0.29, 0.717) is 17.3 Å². The Hall–Kier alpha value is -2.41. The van der Waals surface area contributed by atoms with Gasteiger partial charge in [-0.05, 0) is 45.5 Å². The van der Waals surface area contributed by atoms with Crippen molar-refractivity contribution in [3.8, 4) is 17.0 Å². The van der Waals surface area contributed by atoms with Crippen LogP contribution in [0.4, 0.5) is 15.9 Å². The maximum Gasteiger partial charge on any atom is 0.175 e. The predicted octanol–water partition coefficient (Wildman–Crippen LogP) is 2.62. The topological polar surface area (TPSA) is 64.5 Å². The van der Waals surface area contributed by atoms with Gasteiger partial charge in [-0.2, -0.15) is 0 Å². The molecule has 2 N–H and O–H groups in total. The van der Waals surface area contributed by atoms with E-state index in [4.69, 9.17) is 0 Å². The molecule has 3 heterocycles. The van der Waals surface area contributed by atoms with Gasteiger partial charge in [0.25, 0.3) is 0 Å². The number of fused-ring (bicyclic) bond motifs is 1. The first-order valence-corrected chi connectivity index (χ1v) is 9.10. The second-order valence-electron chi connectivity index (χ2n) is 7.21. The minimum Gasteiger partial charge on any atom is -0.507 e. The number of halogens is 1. The van der Waals surface area contributed by atoms with Gasteiger partial charge in [-0.3, -0.25) is 0 Å². The summed E-state index contributed by atoms with van der Waals surface area (Å²) in [5, 5.41) is 22.4. The Bertz CT molecular complexity index is 828. The van der Waals surface area contributed by atoms with Crippen molar-refractivity contribution in [1.29, 1.82) is 0 Å². The molecule has 0 amide bonds. The second-order valence-corrected chi connectivity index (χ2v) is 7.21. The first-order valence-electron chi connectivity index (χ1n) is 9.10. The van der Waals surface area contributed by atoms with E-state index in [2.05, 4.69) is 32.4 Å². The lowest BCUT2D eigenvalue weighted by atomic mass is 10.0. The Balaban J connectivity index is 1.72. The standard InChI is InChI=1S/C19H24FN5O/c1-12-17(15-6-5-13(20)10-16(15)26)22-23-19-18(12)21-7-9-25(19)14-4-3-8-24(2)11-14/h5-6,10,14,21,26H,3-4,7-9,11H2,1-2H3. The van der Waals surface area contributed by atoms with Gasteiger partial charge in [0.1, 0.15) is 17.3 Å². The molecule has 2 aliphatic rings. The second kappa shape index (κ2) is 6.72. The molecule has 2 aromatic rings. The van der Waals surface area contributed by atoms with Crippen molar-refractivity contribution in [2.75, 3.05) is 43.4 Å². The van der Waals surface area contributed by atoms with Crippen LogP contribution in [0.25, 0.3) is 11.3 Å².